The fourth-order valence-electron chi connectivity index (χ4n) is 1.77. The standard InChI is InChI=1S/C15H15Cl2NO/c1-10-7-14(15(19-2)8-13(10)17)18-9-11-3-5-12(16)6-4-11/h3-8,18H,9H2,1-2H3. The summed E-state index contributed by atoms with van der Waals surface area (Å²) >= 11 is 11.9. The Morgan fingerprint density at radius 2 is 1.79 bits per heavy atom. The first-order valence-electron chi connectivity index (χ1n) is 5.92. The minimum atomic E-state index is 0.703. The Hall–Kier alpha value is -1.38. The number of methoxy groups -OCH3 is 1. The van der Waals surface area contributed by atoms with Crippen molar-refractivity contribution in [3.05, 3.63) is 57.6 Å². The van der Waals surface area contributed by atoms with Crippen molar-refractivity contribution in [1.82, 2.24) is 0 Å². The lowest BCUT2D eigenvalue weighted by molar-refractivity contribution is 0.416. The summed E-state index contributed by atoms with van der Waals surface area (Å²) in [7, 11) is 1.63. The van der Waals surface area contributed by atoms with Crippen molar-refractivity contribution in [1.29, 1.82) is 0 Å². The smallest absolute Gasteiger partial charge is 0.143 e. The van der Waals surface area contributed by atoms with Crippen LogP contribution in [0.25, 0.3) is 0 Å². The van der Waals surface area contributed by atoms with Gasteiger partial charge in [0.1, 0.15) is 5.75 Å². The first kappa shape index (κ1) is 14.0. The molecule has 0 saturated carbocycles. The Morgan fingerprint density at radius 3 is 2.42 bits per heavy atom. The molecule has 2 nitrogen and oxygen atoms in total. The van der Waals surface area contributed by atoms with E-state index in [9.17, 15) is 0 Å². The molecule has 0 atom stereocenters. The molecule has 0 bridgehead atoms. The van der Waals surface area contributed by atoms with Crippen molar-refractivity contribution in [3.63, 3.8) is 0 Å². The summed E-state index contributed by atoms with van der Waals surface area (Å²) in [4.78, 5) is 0. The molecule has 4 heteroatoms. The molecule has 2 rings (SSSR count). The molecule has 0 aliphatic heterocycles. The Bertz CT molecular complexity index is 567. The van der Waals surface area contributed by atoms with E-state index in [0.717, 1.165) is 27.6 Å². The van der Waals surface area contributed by atoms with E-state index in [4.69, 9.17) is 27.9 Å². The van der Waals surface area contributed by atoms with Crippen molar-refractivity contribution in [2.24, 2.45) is 0 Å². The molecule has 0 heterocycles. The Kier molecular flexibility index (Phi) is 4.56. The van der Waals surface area contributed by atoms with Crippen LogP contribution in [0, 0.1) is 6.92 Å². The average Bonchev–Trinajstić information content (AvgIpc) is 2.41. The van der Waals surface area contributed by atoms with Gasteiger partial charge in [0.2, 0.25) is 0 Å². The minimum absolute atomic E-state index is 0.703. The number of halogens is 2. The van der Waals surface area contributed by atoms with Gasteiger partial charge >= 0.3 is 0 Å². The molecule has 0 unspecified atom stereocenters. The predicted molar refractivity (Wildman–Crippen MR) is 81.5 cm³/mol. The van der Waals surface area contributed by atoms with Gasteiger partial charge in [-0.1, -0.05) is 35.3 Å². The zero-order valence-corrected chi connectivity index (χ0v) is 12.3. The highest BCUT2D eigenvalue weighted by Crippen LogP contribution is 2.31. The summed E-state index contributed by atoms with van der Waals surface area (Å²) < 4.78 is 5.32. The third-order valence-corrected chi connectivity index (χ3v) is 3.54. The number of aryl methyl sites for hydroxylation is 1. The SMILES string of the molecule is COc1cc(Cl)c(C)cc1NCc1ccc(Cl)cc1. The number of anilines is 1. The maximum atomic E-state index is 6.08. The van der Waals surface area contributed by atoms with E-state index < -0.39 is 0 Å². The van der Waals surface area contributed by atoms with E-state index in [1.807, 2.05) is 43.3 Å². The van der Waals surface area contributed by atoms with E-state index >= 15 is 0 Å². The number of rotatable bonds is 4. The molecule has 0 amide bonds. The van der Waals surface area contributed by atoms with E-state index in [-0.39, 0.29) is 0 Å². The molecule has 19 heavy (non-hydrogen) atoms. The molecule has 0 aliphatic rings. The highest BCUT2D eigenvalue weighted by molar-refractivity contribution is 6.31. The second-order valence-corrected chi connectivity index (χ2v) is 5.13. The van der Waals surface area contributed by atoms with Crippen LogP contribution in [0.2, 0.25) is 10.0 Å². The highest BCUT2D eigenvalue weighted by Gasteiger charge is 2.06. The largest absolute Gasteiger partial charge is 0.495 e. The van der Waals surface area contributed by atoms with E-state index in [2.05, 4.69) is 5.32 Å². The maximum Gasteiger partial charge on any atom is 0.143 e. The van der Waals surface area contributed by atoms with Crippen molar-refractivity contribution >= 4 is 28.9 Å². The molecule has 0 saturated heterocycles. The molecule has 0 spiro atoms. The summed E-state index contributed by atoms with van der Waals surface area (Å²) in [6.07, 6.45) is 0. The highest BCUT2D eigenvalue weighted by atomic mass is 35.5. The second kappa shape index (κ2) is 6.18. The van der Waals surface area contributed by atoms with Crippen LogP contribution in [0.15, 0.2) is 36.4 Å². The minimum Gasteiger partial charge on any atom is -0.495 e. The van der Waals surface area contributed by atoms with Gasteiger partial charge in [-0.2, -0.15) is 0 Å². The zero-order valence-electron chi connectivity index (χ0n) is 10.8. The number of ether oxygens (including phenoxy) is 1. The van der Waals surface area contributed by atoms with Gasteiger partial charge < -0.3 is 10.1 Å². The summed E-state index contributed by atoms with van der Waals surface area (Å²) in [5.41, 5.74) is 3.10. The first-order valence-corrected chi connectivity index (χ1v) is 6.68. The van der Waals surface area contributed by atoms with Gasteiger partial charge in [0.25, 0.3) is 0 Å². The maximum absolute atomic E-state index is 6.08. The van der Waals surface area contributed by atoms with E-state index in [1.165, 1.54) is 0 Å². The topological polar surface area (TPSA) is 21.3 Å². The Balaban J connectivity index is 2.14. The van der Waals surface area contributed by atoms with Crippen LogP contribution in [0.3, 0.4) is 0 Å². The zero-order chi connectivity index (χ0) is 13.8. The normalized spacial score (nSPS) is 10.3. The molecule has 2 aromatic carbocycles. The quantitative estimate of drug-likeness (QED) is 0.864. The molecule has 0 aliphatic carbocycles. The average molecular weight is 296 g/mol. The van der Waals surface area contributed by atoms with Crippen LogP contribution < -0.4 is 10.1 Å². The molecule has 0 radical (unpaired) electrons. The van der Waals surface area contributed by atoms with E-state index in [0.29, 0.717) is 11.6 Å². The molecule has 100 valence electrons. The van der Waals surface area contributed by atoms with Crippen LogP contribution in [-0.2, 0) is 6.54 Å². The van der Waals surface area contributed by atoms with E-state index in [1.54, 1.807) is 7.11 Å². The number of hydrogen-bond donors (Lipinski definition) is 1. The predicted octanol–water partition coefficient (Wildman–Crippen LogP) is 4.92. The lowest BCUT2D eigenvalue weighted by Crippen LogP contribution is -2.01. The summed E-state index contributed by atoms with van der Waals surface area (Å²) in [6.45, 7) is 2.67. The first-order chi connectivity index (χ1) is 9.10. The van der Waals surface area contributed by atoms with Crippen LogP contribution in [0.5, 0.6) is 5.75 Å². The third kappa shape index (κ3) is 3.55. The summed E-state index contributed by atoms with van der Waals surface area (Å²) in [5.74, 6) is 0.740. The van der Waals surface area contributed by atoms with Gasteiger partial charge in [-0.15, -0.1) is 0 Å². The lowest BCUT2D eigenvalue weighted by Gasteiger charge is -2.13. The van der Waals surface area contributed by atoms with Gasteiger partial charge in [0.15, 0.2) is 0 Å². The number of benzene rings is 2. The van der Waals surface area contributed by atoms with Gasteiger partial charge in [-0.3, -0.25) is 0 Å². The van der Waals surface area contributed by atoms with Crippen LogP contribution in [0.1, 0.15) is 11.1 Å². The molecule has 1 N–H and O–H groups in total. The van der Waals surface area contributed by atoms with Gasteiger partial charge in [-0.05, 0) is 36.2 Å². The van der Waals surface area contributed by atoms with Crippen molar-refractivity contribution in [3.8, 4) is 5.75 Å². The fraction of sp³-hybridized carbons (Fsp3) is 0.200. The van der Waals surface area contributed by atoms with Crippen LogP contribution in [0.4, 0.5) is 5.69 Å². The van der Waals surface area contributed by atoms with Crippen LogP contribution in [-0.4, -0.2) is 7.11 Å². The Morgan fingerprint density at radius 1 is 1.11 bits per heavy atom. The number of hydrogen-bond acceptors (Lipinski definition) is 2. The molecular formula is C15H15Cl2NO. The molecule has 2 aromatic rings. The summed E-state index contributed by atoms with van der Waals surface area (Å²) in [5, 5.41) is 4.78. The molecule has 0 aromatic heterocycles. The monoisotopic (exact) mass is 295 g/mol. The van der Waals surface area contributed by atoms with Gasteiger partial charge in [-0.25, -0.2) is 0 Å². The summed E-state index contributed by atoms with van der Waals surface area (Å²) in [6, 6.07) is 11.5. The van der Waals surface area contributed by atoms with Crippen molar-refractivity contribution in [2.45, 2.75) is 13.5 Å². The van der Waals surface area contributed by atoms with Gasteiger partial charge in [0.05, 0.1) is 12.8 Å². The van der Waals surface area contributed by atoms with Crippen molar-refractivity contribution < 1.29 is 4.74 Å². The van der Waals surface area contributed by atoms with Crippen molar-refractivity contribution in [2.75, 3.05) is 12.4 Å². The van der Waals surface area contributed by atoms with Gasteiger partial charge in [0, 0.05) is 22.7 Å². The van der Waals surface area contributed by atoms with Crippen LogP contribution >= 0.6 is 23.2 Å². The Labute approximate surface area is 123 Å². The number of nitrogens with one attached hydrogen (secondary N) is 1. The lowest BCUT2D eigenvalue weighted by atomic mass is 10.2. The third-order valence-electron chi connectivity index (χ3n) is 2.88. The molecule has 0 fully saturated rings. The molecular weight excluding hydrogens is 281 g/mol. The fourth-order valence-corrected chi connectivity index (χ4v) is 2.05. The second-order valence-electron chi connectivity index (χ2n) is 4.28.